The standard InChI is InChI=1S/C10H9ClO3/c1-2-14-10(13)8-5-3-7(4-6-8)9(11)12/h3-6H,2H2,1H3. The number of ether oxygens (including phenoxy) is 1. The summed E-state index contributed by atoms with van der Waals surface area (Å²) >= 11 is 5.24. The van der Waals surface area contributed by atoms with Crippen molar-refractivity contribution in [1.82, 2.24) is 0 Å². The highest BCUT2D eigenvalue weighted by Gasteiger charge is 2.07. The van der Waals surface area contributed by atoms with Gasteiger partial charge in [0, 0.05) is 5.56 Å². The summed E-state index contributed by atoms with van der Waals surface area (Å²) < 4.78 is 4.77. The second-order valence-corrected chi connectivity index (χ2v) is 2.91. The van der Waals surface area contributed by atoms with Gasteiger partial charge in [0.1, 0.15) is 0 Å². The lowest BCUT2D eigenvalue weighted by Gasteiger charge is -2.01. The molecule has 0 radical (unpaired) electrons. The van der Waals surface area contributed by atoms with Crippen molar-refractivity contribution in [2.24, 2.45) is 0 Å². The summed E-state index contributed by atoms with van der Waals surface area (Å²) in [7, 11) is 0. The molecule has 0 bridgehead atoms. The minimum Gasteiger partial charge on any atom is -0.462 e. The molecule has 0 saturated heterocycles. The topological polar surface area (TPSA) is 43.4 Å². The molecule has 0 heterocycles. The van der Waals surface area contributed by atoms with E-state index in [1.165, 1.54) is 24.3 Å². The van der Waals surface area contributed by atoms with Crippen molar-refractivity contribution in [3.05, 3.63) is 35.4 Å². The maximum atomic E-state index is 11.2. The van der Waals surface area contributed by atoms with Crippen LogP contribution in [-0.2, 0) is 4.74 Å². The predicted molar refractivity (Wildman–Crippen MR) is 52.6 cm³/mol. The van der Waals surface area contributed by atoms with Crippen LogP contribution in [-0.4, -0.2) is 17.8 Å². The largest absolute Gasteiger partial charge is 0.462 e. The van der Waals surface area contributed by atoms with Crippen LogP contribution in [0.25, 0.3) is 0 Å². The molecule has 0 aromatic heterocycles. The van der Waals surface area contributed by atoms with E-state index in [0.717, 1.165) is 0 Å². The second-order valence-electron chi connectivity index (χ2n) is 2.57. The molecule has 14 heavy (non-hydrogen) atoms. The van der Waals surface area contributed by atoms with Crippen LogP contribution < -0.4 is 0 Å². The van der Waals surface area contributed by atoms with Crippen LogP contribution in [0, 0.1) is 0 Å². The molecule has 0 saturated carbocycles. The zero-order chi connectivity index (χ0) is 10.6. The van der Waals surface area contributed by atoms with Gasteiger partial charge < -0.3 is 4.74 Å². The molecule has 0 amide bonds. The molecular formula is C10H9ClO3. The SMILES string of the molecule is CCOC(=O)c1ccc(C(=O)Cl)cc1. The highest BCUT2D eigenvalue weighted by atomic mass is 35.5. The predicted octanol–water partition coefficient (Wildman–Crippen LogP) is 2.24. The van der Waals surface area contributed by atoms with Gasteiger partial charge in [0.25, 0.3) is 5.24 Å². The van der Waals surface area contributed by atoms with E-state index in [1.807, 2.05) is 0 Å². The Bertz CT molecular complexity index is 343. The van der Waals surface area contributed by atoms with Gasteiger partial charge in [0.05, 0.1) is 12.2 Å². The Kier molecular flexibility index (Phi) is 3.65. The van der Waals surface area contributed by atoms with Gasteiger partial charge in [0.2, 0.25) is 0 Å². The first-order valence-corrected chi connectivity index (χ1v) is 4.50. The molecule has 0 aliphatic carbocycles. The van der Waals surface area contributed by atoms with Gasteiger partial charge in [-0.05, 0) is 42.8 Å². The molecule has 4 heteroatoms. The number of halogens is 1. The average Bonchev–Trinajstić information content (AvgIpc) is 2.18. The summed E-state index contributed by atoms with van der Waals surface area (Å²) in [4.78, 5) is 21.9. The Morgan fingerprint density at radius 1 is 1.21 bits per heavy atom. The Hall–Kier alpha value is -1.35. The molecule has 0 unspecified atom stereocenters. The normalized spacial score (nSPS) is 9.57. The first kappa shape index (κ1) is 10.7. The molecule has 1 rings (SSSR count). The quantitative estimate of drug-likeness (QED) is 0.570. The van der Waals surface area contributed by atoms with Gasteiger partial charge in [-0.2, -0.15) is 0 Å². The lowest BCUT2D eigenvalue weighted by molar-refractivity contribution is 0.0526. The Morgan fingerprint density at radius 2 is 1.71 bits per heavy atom. The number of hydrogen-bond donors (Lipinski definition) is 0. The molecule has 0 aliphatic heterocycles. The lowest BCUT2D eigenvalue weighted by atomic mass is 10.1. The Labute approximate surface area is 86.6 Å². The summed E-state index contributed by atoms with van der Waals surface area (Å²) in [5.74, 6) is -0.402. The van der Waals surface area contributed by atoms with Crippen LogP contribution in [0.15, 0.2) is 24.3 Å². The zero-order valence-corrected chi connectivity index (χ0v) is 8.38. The van der Waals surface area contributed by atoms with Crippen LogP contribution >= 0.6 is 11.6 Å². The van der Waals surface area contributed by atoms with Crippen LogP contribution in [0.1, 0.15) is 27.6 Å². The zero-order valence-electron chi connectivity index (χ0n) is 7.62. The van der Waals surface area contributed by atoms with E-state index in [9.17, 15) is 9.59 Å². The molecule has 0 atom stereocenters. The highest BCUT2D eigenvalue weighted by Crippen LogP contribution is 2.08. The second kappa shape index (κ2) is 4.77. The summed E-state index contributed by atoms with van der Waals surface area (Å²) in [6.45, 7) is 2.06. The van der Waals surface area contributed by atoms with Crippen molar-refractivity contribution in [2.45, 2.75) is 6.92 Å². The van der Waals surface area contributed by atoms with E-state index in [0.29, 0.717) is 17.7 Å². The van der Waals surface area contributed by atoms with Crippen molar-refractivity contribution >= 4 is 22.8 Å². The monoisotopic (exact) mass is 212 g/mol. The van der Waals surface area contributed by atoms with Crippen molar-refractivity contribution in [2.75, 3.05) is 6.61 Å². The summed E-state index contributed by atoms with van der Waals surface area (Å²) in [6, 6.07) is 5.99. The third-order valence-corrected chi connectivity index (χ3v) is 1.84. The number of carbonyl (C=O) groups excluding carboxylic acids is 2. The fourth-order valence-electron chi connectivity index (χ4n) is 0.952. The van der Waals surface area contributed by atoms with Gasteiger partial charge in [-0.1, -0.05) is 0 Å². The van der Waals surface area contributed by atoms with Gasteiger partial charge in [-0.25, -0.2) is 4.79 Å². The van der Waals surface area contributed by atoms with Gasteiger partial charge >= 0.3 is 5.97 Å². The number of esters is 1. The van der Waals surface area contributed by atoms with Crippen LogP contribution in [0.2, 0.25) is 0 Å². The minimum absolute atomic E-state index is 0.328. The van der Waals surface area contributed by atoms with Crippen molar-refractivity contribution in [1.29, 1.82) is 0 Å². The molecular weight excluding hydrogens is 204 g/mol. The van der Waals surface area contributed by atoms with Crippen molar-refractivity contribution < 1.29 is 14.3 Å². The Balaban J connectivity index is 2.83. The van der Waals surface area contributed by atoms with E-state index in [-0.39, 0.29) is 0 Å². The average molecular weight is 213 g/mol. The number of benzene rings is 1. The van der Waals surface area contributed by atoms with Gasteiger partial charge in [-0.15, -0.1) is 0 Å². The molecule has 0 N–H and O–H groups in total. The third-order valence-electron chi connectivity index (χ3n) is 1.62. The van der Waals surface area contributed by atoms with Gasteiger partial charge in [0.15, 0.2) is 0 Å². The Morgan fingerprint density at radius 3 is 2.14 bits per heavy atom. The number of rotatable bonds is 3. The van der Waals surface area contributed by atoms with Crippen molar-refractivity contribution in [3.8, 4) is 0 Å². The van der Waals surface area contributed by atoms with E-state index >= 15 is 0 Å². The van der Waals surface area contributed by atoms with Crippen molar-refractivity contribution in [3.63, 3.8) is 0 Å². The minimum atomic E-state index is -0.541. The van der Waals surface area contributed by atoms with E-state index in [4.69, 9.17) is 16.3 Å². The smallest absolute Gasteiger partial charge is 0.338 e. The maximum Gasteiger partial charge on any atom is 0.338 e. The lowest BCUT2D eigenvalue weighted by Crippen LogP contribution is -2.04. The van der Waals surface area contributed by atoms with Gasteiger partial charge in [-0.3, -0.25) is 4.79 Å². The fraction of sp³-hybridized carbons (Fsp3) is 0.200. The summed E-state index contributed by atoms with van der Waals surface area (Å²) in [5.41, 5.74) is 0.772. The molecule has 74 valence electrons. The van der Waals surface area contributed by atoms with Crippen LogP contribution in [0.4, 0.5) is 0 Å². The summed E-state index contributed by atoms with van der Waals surface area (Å²) in [6.07, 6.45) is 0. The van der Waals surface area contributed by atoms with Crippen LogP contribution in [0.5, 0.6) is 0 Å². The number of hydrogen-bond acceptors (Lipinski definition) is 3. The summed E-state index contributed by atoms with van der Waals surface area (Å²) in [5, 5.41) is -0.541. The molecule has 3 nitrogen and oxygen atoms in total. The number of carbonyl (C=O) groups is 2. The molecule has 0 spiro atoms. The first-order valence-electron chi connectivity index (χ1n) is 4.12. The third kappa shape index (κ3) is 2.57. The fourth-order valence-corrected chi connectivity index (χ4v) is 1.08. The highest BCUT2D eigenvalue weighted by molar-refractivity contribution is 6.67. The van der Waals surface area contributed by atoms with E-state index < -0.39 is 11.2 Å². The van der Waals surface area contributed by atoms with Crippen LogP contribution in [0.3, 0.4) is 0 Å². The molecule has 0 fully saturated rings. The molecule has 0 aliphatic rings. The molecule has 1 aromatic carbocycles. The first-order chi connectivity index (χ1) is 6.65. The van der Waals surface area contributed by atoms with E-state index in [2.05, 4.69) is 0 Å². The molecule has 1 aromatic rings. The maximum absolute atomic E-state index is 11.2. The van der Waals surface area contributed by atoms with E-state index in [1.54, 1.807) is 6.92 Å².